The van der Waals surface area contributed by atoms with Crippen LogP contribution in [0.5, 0.6) is 0 Å². The monoisotopic (exact) mass is 171 g/mol. The van der Waals surface area contributed by atoms with Gasteiger partial charge in [0.2, 0.25) is 0 Å². The Morgan fingerprint density at radius 3 is 2.40 bits per heavy atom. The minimum atomic E-state index is -0.993. The number of carboxylic acids is 1. The van der Waals surface area contributed by atoms with Crippen molar-refractivity contribution >= 4 is 11.9 Å². The van der Waals surface area contributed by atoms with Crippen molar-refractivity contribution < 1.29 is 62.7 Å². The number of nitrogens with two attached hydrogens (primary N) is 1. The summed E-state index contributed by atoms with van der Waals surface area (Å²) >= 11 is 0. The molecule has 0 aromatic heterocycles. The van der Waals surface area contributed by atoms with E-state index in [2.05, 4.69) is 0 Å². The number of rotatable bonds is 2. The molecule has 0 fully saturated rings. The van der Waals surface area contributed by atoms with Crippen molar-refractivity contribution in [3.05, 3.63) is 0 Å². The van der Waals surface area contributed by atoms with Crippen LogP contribution in [-0.4, -0.2) is 35.5 Å². The number of likely N-dealkylation sites (N-methyl/N-ethyl adjacent to an activating group) is 1. The van der Waals surface area contributed by atoms with Crippen LogP contribution in [0.4, 0.5) is 0 Å². The Hall–Kier alpha value is 0.376. The average Bonchev–Trinajstić information content (AvgIpc) is 1.63. The summed E-state index contributed by atoms with van der Waals surface area (Å²) in [5.74, 6) is -1.23. The fraction of sp³-hybridized carbons (Fsp3) is 0.500. The van der Waals surface area contributed by atoms with Crippen LogP contribution in [0.15, 0.2) is 0 Å². The van der Waals surface area contributed by atoms with Crippen LogP contribution in [0.1, 0.15) is 1.43 Å². The number of carboxylic acid groups (broad SMARTS) is 1. The van der Waals surface area contributed by atoms with Crippen molar-refractivity contribution in [2.45, 2.75) is 0 Å². The first kappa shape index (κ1) is 13.0. The number of guanidine groups is 1. The van der Waals surface area contributed by atoms with Crippen molar-refractivity contribution in [1.82, 2.24) is 4.90 Å². The molecule has 0 aliphatic carbocycles. The zero-order chi connectivity index (χ0) is 7.44. The summed E-state index contributed by atoms with van der Waals surface area (Å²) in [5.41, 5.74) is 4.93. The summed E-state index contributed by atoms with van der Waals surface area (Å²) in [6.07, 6.45) is 0. The van der Waals surface area contributed by atoms with E-state index in [9.17, 15) is 4.79 Å². The first-order valence-corrected chi connectivity index (χ1v) is 2.31. The van der Waals surface area contributed by atoms with Crippen LogP contribution in [0, 0.1) is 5.41 Å². The van der Waals surface area contributed by atoms with Gasteiger partial charge in [-0.1, -0.05) is 0 Å². The van der Waals surface area contributed by atoms with Gasteiger partial charge in [0, 0.05) is 7.05 Å². The molecular formula is C4H10KN3O2. The van der Waals surface area contributed by atoms with Gasteiger partial charge in [-0.15, -0.1) is 0 Å². The third-order valence-corrected chi connectivity index (χ3v) is 0.784. The Morgan fingerprint density at radius 2 is 2.30 bits per heavy atom. The molecule has 5 nitrogen and oxygen atoms in total. The van der Waals surface area contributed by atoms with E-state index in [-0.39, 0.29) is 65.3 Å². The van der Waals surface area contributed by atoms with Gasteiger partial charge in [0.25, 0.3) is 0 Å². The molecule has 0 aromatic carbocycles. The van der Waals surface area contributed by atoms with Crippen LogP contribution in [0.25, 0.3) is 0 Å². The second kappa shape index (κ2) is 6.11. The van der Waals surface area contributed by atoms with Crippen LogP contribution in [0.2, 0.25) is 0 Å². The number of hydrogen-bond donors (Lipinski definition) is 3. The van der Waals surface area contributed by atoms with Crippen molar-refractivity contribution in [2.24, 2.45) is 5.73 Å². The molecule has 0 radical (unpaired) electrons. The molecule has 0 bridgehead atoms. The number of carbonyl (C=O) groups is 1. The maximum atomic E-state index is 9.92. The number of nitrogens with zero attached hydrogens (tertiary/aromatic N) is 1. The second-order valence-corrected chi connectivity index (χ2v) is 1.64. The Balaban J connectivity index is -0.000000320. The van der Waals surface area contributed by atoms with Crippen molar-refractivity contribution in [3.63, 3.8) is 0 Å². The van der Waals surface area contributed by atoms with Gasteiger partial charge in [0.15, 0.2) is 5.96 Å². The van der Waals surface area contributed by atoms with E-state index in [0.717, 1.165) is 4.90 Å². The van der Waals surface area contributed by atoms with Gasteiger partial charge in [-0.3, -0.25) is 10.2 Å². The van der Waals surface area contributed by atoms with Gasteiger partial charge >= 0.3 is 57.4 Å². The van der Waals surface area contributed by atoms with Crippen molar-refractivity contribution in [2.75, 3.05) is 13.6 Å². The van der Waals surface area contributed by atoms with Crippen molar-refractivity contribution in [1.29, 1.82) is 5.41 Å². The molecule has 54 valence electrons. The van der Waals surface area contributed by atoms with Crippen molar-refractivity contribution in [3.8, 4) is 0 Å². The van der Waals surface area contributed by atoms with Gasteiger partial charge in [-0.05, 0) is 0 Å². The Bertz CT molecular complexity index is 143. The zero-order valence-electron chi connectivity index (χ0n) is 7.09. The average molecular weight is 171 g/mol. The van der Waals surface area contributed by atoms with E-state index in [1.165, 1.54) is 7.05 Å². The van der Waals surface area contributed by atoms with Crippen LogP contribution in [0.3, 0.4) is 0 Å². The van der Waals surface area contributed by atoms with Crippen LogP contribution < -0.4 is 57.1 Å². The first-order valence-electron chi connectivity index (χ1n) is 2.31. The number of aliphatic carboxylic acids is 1. The maximum absolute atomic E-state index is 9.92. The molecular weight excluding hydrogens is 161 g/mol. The fourth-order valence-corrected chi connectivity index (χ4v) is 0.288. The molecule has 4 N–H and O–H groups in total. The number of hydrogen-bond acceptors (Lipinski definition) is 2. The molecule has 0 atom stereocenters. The summed E-state index contributed by atoms with van der Waals surface area (Å²) in [5, 5.41) is 14.9. The van der Waals surface area contributed by atoms with E-state index in [1.54, 1.807) is 0 Å². The molecule has 0 aromatic rings. The van der Waals surface area contributed by atoms with Gasteiger partial charge in [0.05, 0.1) is 0 Å². The quantitative estimate of drug-likeness (QED) is 0.224. The molecule has 0 unspecified atom stereocenters. The van der Waals surface area contributed by atoms with E-state index >= 15 is 0 Å². The smallest absolute Gasteiger partial charge is 1.00 e. The Labute approximate surface area is 103 Å². The molecule has 0 rings (SSSR count). The largest absolute Gasteiger partial charge is 1.00 e. The summed E-state index contributed by atoms with van der Waals surface area (Å²) in [4.78, 5) is 11.0. The zero-order valence-corrected chi connectivity index (χ0v) is 9.21. The van der Waals surface area contributed by atoms with Gasteiger partial charge in [-0.2, -0.15) is 0 Å². The molecule has 0 spiro atoms. The Kier molecular flexibility index (Phi) is 7.94. The predicted octanol–water partition coefficient (Wildman–Crippen LogP) is -3.99. The standard InChI is InChI=1S/C4H9N3O2.K.H/c1-7(4(5)6)2-3(8)9;;/h2H2,1H3,(H3,5,6)(H,8,9);;/q;+1;-1. The van der Waals surface area contributed by atoms with Crippen LogP contribution >= 0.6 is 0 Å². The van der Waals surface area contributed by atoms with E-state index in [1.807, 2.05) is 0 Å². The molecule has 0 aliphatic rings. The topological polar surface area (TPSA) is 90.4 Å². The molecule has 0 saturated carbocycles. The summed E-state index contributed by atoms with van der Waals surface area (Å²) < 4.78 is 0. The predicted molar refractivity (Wildman–Crippen MR) is 33.3 cm³/mol. The third-order valence-electron chi connectivity index (χ3n) is 0.784. The normalized spacial score (nSPS) is 7.70. The number of nitrogens with one attached hydrogen (secondary N) is 1. The summed E-state index contributed by atoms with van der Waals surface area (Å²) in [6.45, 7) is -0.227. The molecule has 0 heterocycles. The minimum Gasteiger partial charge on any atom is -1.00 e. The summed E-state index contributed by atoms with van der Waals surface area (Å²) in [7, 11) is 1.44. The fourth-order valence-electron chi connectivity index (χ4n) is 0.288. The molecule has 6 heteroatoms. The van der Waals surface area contributed by atoms with Crippen LogP contribution in [-0.2, 0) is 4.79 Å². The SMILES string of the molecule is CN(CC(=O)O)C(=N)N.[H-].[K+]. The molecule has 0 amide bonds. The van der Waals surface area contributed by atoms with E-state index < -0.39 is 5.97 Å². The summed E-state index contributed by atoms with van der Waals surface area (Å²) in [6, 6.07) is 0. The van der Waals surface area contributed by atoms with Gasteiger partial charge < -0.3 is 17.2 Å². The second-order valence-electron chi connectivity index (χ2n) is 1.64. The van der Waals surface area contributed by atoms with E-state index in [0.29, 0.717) is 0 Å². The third kappa shape index (κ3) is 6.50. The van der Waals surface area contributed by atoms with E-state index in [4.69, 9.17) is 16.2 Å². The Morgan fingerprint density at radius 1 is 1.90 bits per heavy atom. The maximum Gasteiger partial charge on any atom is 1.00 e. The molecule has 0 aliphatic heterocycles. The first-order chi connectivity index (χ1) is 4.04. The van der Waals surface area contributed by atoms with Gasteiger partial charge in [0.1, 0.15) is 6.54 Å². The molecule has 0 saturated heterocycles. The molecule has 10 heavy (non-hydrogen) atoms. The minimum absolute atomic E-state index is 0. The van der Waals surface area contributed by atoms with Gasteiger partial charge in [-0.25, -0.2) is 0 Å².